The Kier molecular flexibility index (Phi) is 6.07. The van der Waals surface area contributed by atoms with Crippen LogP contribution in [0.15, 0.2) is 36.4 Å². The molecule has 1 unspecified atom stereocenters. The van der Waals surface area contributed by atoms with E-state index in [1.165, 1.54) is 12.1 Å². The molecule has 0 amide bonds. The topological polar surface area (TPSA) is 21.3 Å². The lowest BCUT2D eigenvalue weighted by Crippen LogP contribution is -2.21. The van der Waals surface area contributed by atoms with Crippen LogP contribution < -0.4 is 10.1 Å². The van der Waals surface area contributed by atoms with Gasteiger partial charge in [0.1, 0.15) is 5.75 Å². The number of rotatable bonds is 7. The van der Waals surface area contributed by atoms with E-state index in [1.54, 1.807) is 12.1 Å². The van der Waals surface area contributed by atoms with E-state index in [0.29, 0.717) is 0 Å². The first kappa shape index (κ1) is 16.6. The lowest BCUT2D eigenvalue weighted by atomic mass is 10.00. The van der Waals surface area contributed by atoms with Gasteiger partial charge in [0, 0.05) is 6.04 Å². The van der Waals surface area contributed by atoms with Crippen LogP contribution >= 0.6 is 0 Å². The van der Waals surface area contributed by atoms with E-state index in [0.717, 1.165) is 30.5 Å². The number of benzene rings is 1. The highest BCUT2D eigenvalue weighted by molar-refractivity contribution is 5.29. The van der Waals surface area contributed by atoms with Crippen molar-refractivity contribution >= 4 is 0 Å². The highest BCUT2D eigenvalue weighted by Crippen LogP contribution is 2.26. The number of halogens is 3. The SMILES string of the molecule is C=C(C)CCC(NCC)c1ccc(OC(F)(F)F)cc1. The van der Waals surface area contributed by atoms with Crippen molar-refractivity contribution in [1.29, 1.82) is 0 Å². The summed E-state index contributed by atoms with van der Waals surface area (Å²) in [5, 5.41) is 3.32. The first-order valence-electron chi connectivity index (χ1n) is 6.55. The molecule has 0 bridgehead atoms. The van der Waals surface area contributed by atoms with Crippen LogP contribution in [0.2, 0.25) is 0 Å². The van der Waals surface area contributed by atoms with Crippen molar-refractivity contribution in [2.45, 2.75) is 39.1 Å². The highest BCUT2D eigenvalue weighted by Gasteiger charge is 2.31. The third-order valence-electron chi connectivity index (χ3n) is 2.83. The van der Waals surface area contributed by atoms with Crippen molar-refractivity contribution in [1.82, 2.24) is 5.32 Å². The molecule has 0 fully saturated rings. The third kappa shape index (κ3) is 6.10. The predicted octanol–water partition coefficient (Wildman–Crippen LogP) is 4.59. The molecule has 2 nitrogen and oxygen atoms in total. The molecule has 1 rings (SSSR count). The normalized spacial score (nSPS) is 13.1. The van der Waals surface area contributed by atoms with E-state index in [2.05, 4.69) is 16.6 Å². The van der Waals surface area contributed by atoms with Gasteiger partial charge in [0.15, 0.2) is 0 Å². The van der Waals surface area contributed by atoms with Crippen LogP contribution in [-0.2, 0) is 0 Å². The van der Waals surface area contributed by atoms with Gasteiger partial charge in [-0.25, -0.2) is 0 Å². The monoisotopic (exact) mass is 287 g/mol. The molecule has 0 spiro atoms. The Hall–Kier alpha value is -1.49. The zero-order chi connectivity index (χ0) is 15.2. The minimum Gasteiger partial charge on any atom is -0.406 e. The molecule has 20 heavy (non-hydrogen) atoms. The summed E-state index contributed by atoms with van der Waals surface area (Å²) in [4.78, 5) is 0. The third-order valence-corrected chi connectivity index (χ3v) is 2.83. The molecule has 0 saturated carbocycles. The van der Waals surface area contributed by atoms with Gasteiger partial charge in [0.25, 0.3) is 0 Å². The summed E-state index contributed by atoms with van der Waals surface area (Å²) in [6.07, 6.45) is -2.91. The van der Waals surface area contributed by atoms with E-state index < -0.39 is 6.36 Å². The molecular formula is C15H20F3NO. The quantitative estimate of drug-likeness (QED) is 0.740. The first-order valence-corrected chi connectivity index (χ1v) is 6.55. The summed E-state index contributed by atoms with van der Waals surface area (Å²) >= 11 is 0. The van der Waals surface area contributed by atoms with Gasteiger partial charge < -0.3 is 10.1 Å². The molecule has 5 heteroatoms. The molecule has 1 aromatic rings. The van der Waals surface area contributed by atoms with E-state index in [-0.39, 0.29) is 11.8 Å². The van der Waals surface area contributed by atoms with Gasteiger partial charge in [-0.3, -0.25) is 0 Å². The molecule has 0 aliphatic rings. The fourth-order valence-corrected chi connectivity index (χ4v) is 1.93. The summed E-state index contributed by atoms with van der Waals surface area (Å²) in [7, 11) is 0. The smallest absolute Gasteiger partial charge is 0.406 e. The molecule has 0 saturated heterocycles. The maximum atomic E-state index is 12.1. The van der Waals surface area contributed by atoms with Crippen LogP contribution in [0.3, 0.4) is 0 Å². The number of nitrogens with one attached hydrogen (secondary N) is 1. The molecule has 112 valence electrons. The van der Waals surface area contributed by atoms with Crippen LogP contribution in [0.1, 0.15) is 38.3 Å². The van der Waals surface area contributed by atoms with Crippen molar-refractivity contribution in [2.24, 2.45) is 0 Å². The zero-order valence-electron chi connectivity index (χ0n) is 11.8. The summed E-state index contributed by atoms with van der Waals surface area (Å²) in [6.45, 7) is 8.61. The van der Waals surface area contributed by atoms with Crippen LogP contribution in [0.25, 0.3) is 0 Å². The van der Waals surface area contributed by atoms with E-state index in [4.69, 9.17) is 0 Å². The Balaban J connectivity index is 2.74. The maximum absolute atomic E-state index is 12.1. The fourth-order valence-electron chi connectivity index (χ4n) is 1.93. The molecule has 0 heterocycles. The second-order valence-electron chi connectivity index (χ2n) is 4.72. The molecule has 0 aromatic heterocycles. The predicted molar refractivity (Wildman–Crippen MR) is 73.6 cm³/mol. The van der Waals surface area contributed by atoms with Crippen molar-refractivity contribution < 1.29 is 17.9 Å². The van der Waals surface area contributed by atoms with Gasteiger partial charge in [0.2, 0.25) is 0 Å². The van der Waals surface area contributed by atoms with E-state index in [1.807, 2.05) is 13.8 Å². The second-order valence-corrected chi connectivity index (χ2v) is 4.72. The first-order chi connectivity index (χ1) is 9.31. The van der Waals surface area contributed by atoms with Crippen molar-refractivity contribution in [3.63, 3.8) is 0 Å². The largest absolute Gasteiger partial charge is 0.573 e. The molecule has 1 aromatic carbocycles. The van der Waals surface area contributed by atoms with Gasteiger partial charge >= 0.3 is 6.36 Å². The van der Waals surface area contributed by atoms with Crippen molar-refractivity contribution in [3.8, 4) is 5.75 Å². The van der Waals surface area contributed by atoms with Crippen LogP contribution in [-0.4, -0.2) is 12.9 Å². The van der Waals surface area contributed by atoms with Crippen LogP contribution in [0, 0.1) is 0 Å². The standard InChI is InChI=1S/C15H20F3NO/c1-4-19-14(10-5-11(2)3)12-6-8-13(9-7-12)20-15(16,17)18/h6-9,14,19H,2,4-5,10H2,1,3H3. The zero-order valence-corrected chi connectivity index (χ0v) is 11.8. The summed E-state index contributed by atoms with van der Waals surface area (Å²) in [5.74, 6) is -0.198. The summed E-state index contributed by atoms with van der Waals surface area (Å²) < 4.78 is 40.1. The summed E-state index contributed by atoms with van der Waals surface area (Å²) in [5.41, 5.74) is 2.03. The number of hydrogen-bond donors (Lipinski definition) is 1. The Bertz CT molecular complexity index is 426. The summed E-state index contributed by atoms with van der Waals surface area (Å²) in [6, 6.07) is 6.11. The Morgan fingerprint density at radius 2 is 1.90 bits per heavy atom. The molecule has 1 atom stereocenters. The maximum Gasteiger partial charge on any atom is 0.573 e. The van der Waals surface area contributed by atoms with Crippen molar-refractivity contribution in [2.75, 3.05) is 6.54 Å². The molecule has 0 aliphatic heterocycles. The second kappa shape index (κ2) is 7.33. The molecule has 0 aliphatic carbocycles. The minimum absolute atomic E-state index is 0.108. The van der Waals surface area contributed by atoms with Gasteiger partial charge in [-0.2, -0.15) is 0 Å². The lowest BCUT2D eigenvalue weighted by molar-refractivity contribution is -0.274. The van der Waals surface area contributed by atoms with Crippen LogP contribution in [0.5, 0.6) is 5.75 Å². The Morgan fingerprint density at radius 1 is 1.30 bits per heavy atom. The van der Waals surface area contributed by atoms with Gasteiger partial charge in [-0.05, 0) is 44.0 Å². The van der Waals surface area contributed by atoms with Crippen molar-refractivity contribution in [3.05, 3.63) is 42.0 Å². The van der Waals surface area contributed by atoms with Gasteiger partial charge in [-0.1, -0.05) is 24.6 Å². The molecule has 1 N–H and O–H groups in total. The molecule has 0 radical (unpaired) electrons. The number of allylic oxidation sites excluding steroid dienone is 1. The average Bonchev–Trinajstić information content (AvgIpc) is 2.33. The van der Waals surface area contributed by atoms with Gasteiger partial charge in [0.05, 0.1) is 0 Å². The number of hydrogen-bond acceptors (Lipinski definition) is 2. The number of ether oxygens (including phenoxy) is 1. The number of alkyl halides is 3. The van der Waals surface area contributed by atoms with E-state index in [9.17, 15) is 13.2 Å². The Morgan fingerprint density at radius 3 is 2.35 bits per heavy atom. The Labute approximate surface area is 117 Å². The van der Waals surface area contributed by atoms with E-state index >= 15 is 0 Å². The average molecular weight is 287 g/mol. The molecular weight excluding hydrogens is 267 g/mol. The van der Waals surface area contributed by atoms with Crippen LogP contribution in [0.4, 0.5) is 13.2 Å². The minimum atomic E-state index is -4.65. The lowest BCUT2D eigenvalue weighted by Gasteiger charge is -2.19. The fraction of sp³-hybridized carbons (Fsp3) is 0.467. The van der Waals surface area contributed by atoms with Gasteiger partial charge in [-0.15, -0.1) is 19.8 Å². The highest BCUT2D eigenvalue weighted by atomic mass is 19.4.